The minimum absolute atomic E-state index is 0.00386. The van der Waals surface area contributed by atoms with Crippen LogP contribution in [0.5, 0.6) is 0 Å². The molecule has 0 aliphatic carbocycles. The molecule has 0 spiro atoms. The molecule has 3 amide bonds. The van der Waals surface area contributed by atoms with Crippen molar-refractivity contribution < 1.29 is 158 Å². The number of unbranched alkanes of at least 4 members (excludes halogenated alkanes) is 4. The average Bonchev–Trinajstić information content (AvgIpc) is 1.59. The number of benzene rings is 2. The zero-order chi connectivity index (χ0) is 93.6. The molecule has 2 saturated heterocycles. The number of ether oxygens (including phenoxy) is 3. The summed E-state index contributed by atoms with van der Waals surface area (Å²) < 4.78 is 169. The standard InChI is InChI=1S/C72H97N12O34P5S4/c1-6-81-51-28-26-46(126(105,106)107)35-48(51)71(2,3)56(81)21-10-7-11-22-57-72(4,5)49-36-47(127(108,109)110)27-29-52(49)82(57)32-15-9-13-24-59(86)79-50(68(90)76-30-14-8-12-23-58(85)75-31-16-19-45-39-83(70(91)80-65(45)73)60-37-53(116-120(95,96)97)54(114-60)40-112-119(92,93)94)42-125-124-34-18-25-61(87)111-33-17-20-44-38-84(67-62(44)66(74)77-43-78-67)69-64(89)63(88)55(115-69)41-113-122(101,102)118-123(103,104)117-121(98,99)100/h7,10-11,21,26-29,35-36,38-39,43,50,53-55,57,60,63-64,69,88-89H,6,8-9,12-15,18,22-25,30-34,37,40-42H2,1-5H3,(H16-,73,74,75,76,77,78,79,80,85,86,90,91,92,93,94,95,96,97,98,99,100,101,102,103,104,105,106,107,108,109,110)/p+1/b11-7+,21-10+/t50?,53?,54?,55?,57-,60?,63?,64?,69?/m0/s1. The number of nitrogen functional groups attached to an aromatic ring is 2. The molecular weight excluding hydrogens is 1860 g/mol. The summed E-state index contributed by atoms with van der Waals surface area (Å²) in [6, 6.07) is 7.76. The predicted octanol–water partition coefficient (Wildman–Crippen LogP) is 4.19. The molecule has 4 aliphatic rings. The number of aliphatic hydroxyl groups excluding tert-OH is 2. The summed E-state index contributed by atoms with van der Waals surface area (Å²) >= 11 is 0. The van der Waals surface area contributed by atoms with Gasteiger partial charge in [-0.05, 0) is 95.2 Å². The van der Waals surface area contributed by atoms with Gasteiger partial charge in [-0.1, -0.05) is 90.2 Å². The Labute approximate surface area is 735 Å². The van der Waals surface area contributed by atoms with Gasteiger partial charge in [-0.25, -0.2) is 37.6 Å². The molecule has 2 fully saturated rings. The zero-order valence-electron chi connectivity index (χ0n) is 68.6. The molecule has 3 aromatic heterocycles. The summed E-state index contributed by atoms with van der Waals surface area (Å²) in [7, 11) is -34.0. The fourth-order valence-corrected chi connectivity index (χ4v) is 21.7. The second-order valence-corrected chi connectivity index (χ2v) is 42.5. The lowest BCUT2D eigenvalue weighted by atomic mass is 9.79. The number of allylic oxidation sites excluding steroid dienone is 3. The summed E-state index contributed by atoms with van der Waals surface area (Å²) in [6.07, 6.45) is 3.20. The van der Waals surface area contributed by atoms with Crippen molar-refractivity contribution in [3.05, 3.63) is 112 Å². The Bertz CT molecular complexity index is 5700. The number of nitrogens with one attached hydrogen (secondary N) is 3. The number of fused-ring (bicyclic) bond motifs is 3. The number of hydrogen-bond acceptors (Lipinski definition) is 32. The number of rotatable bonds is 44. The van der Waals surface area contributed by atoms with Gasteiger partial charge in [-0.2, -0.15) is 35.0 Å². The smallest absolute Gasteiger partial charge is 0.452 e. The predicted molar refractivity (Wildman–Crippen MR) is 456 cm³/mol. The second kappa shape index (κ2) is 43.7. The van der Waals surface area contributed by atoms with E-state index in [2.05, 4.69) is 81.7 Å². The van der Waals surface area contributed by atoms with E-state index in [1.54, 1.807) is 12.1 Å². The van der Waals surface area contributed by atoms with Crippen LogP contribution in [-0.4, -0.2) is 233 Å². The minimum atomic E-state index is -5.89. The summed E-state index contributed by atoms with van der Waals surface area (Å²) in [5.74, 6) is 8.90. The summed E-state index contributed by atoms with van der Waals surface area (Å²) in [6.45, 7) is 8.48. The average molecular weight is 1960 g/mol. The molecule has 698 valence electrons. The number of anilines is 3. The molecular formula is C72H98N12O34P5S4+. The van der Waals surface area contributed by atoms with Gasteiger partial charge >= 0.3 is 50.8 Å². The molecule has 0 bridgehead atoms. The molecule has 2 aromatic carbocycles. The maximum atomic E-state index is 13.9. The minimum Gasteiger partial charge on any atom is -0.452 e. The Morgan fingerprint density at radius 3 is 2.06 bits per heavy atom. The van der Waals surface area contributed by atoms with Gasteiger partial charge in [-0.3, -0.25) is 46.4 Å². The van der Waals surface area contributed by atoms with E-state index in [0.29, 0.717) is 75.8 Å². The number of nitrogens with zero attached hydrogens (tertiary/aromatic N) is 7. The number of aliphatic hydroxyl groups is 2. The third-order valence-corrected chi connectivity index (χ3v) is 29.5. The van der Waals surface area contributed by atoms with Gasteiger partial charge in [0.2, 0.25) is 23.4 Å². The lowest BCUT2D eigenvalue weighted by Gasteiger charge is -2.34. The first kappa shape index (κ1) is 103. The molecule has 55 heteroatoms. The summed E-state index contributed by atoms with van der Waals surface area (Å²) in [5, 5.41) is 30.3. The Morgan fingerprint density at radius 1 is 0.724 bits per heavy atom. The molecule has 5 aromatic rings. The first-order valence-corrected chi connectivity index (χ1v) is 51.8. The third kappa shape index (κ3) is 29.0. The highest BCUT2D eigenvalue weighted by Gasteiger charge is 2.50. The quantitative estimate of drug-likeness (QED) is 0.00380. The normalized spacial score (nSPS) is 21.1. The van der Waals surface area contributed by atoms with Gasteiger partial charge in [0.05, 0.1) is 51.5 Å². The van der Waals surface area contributed by atoms with E-state index >= 15 is 0 Å². The number of carbonyl (C=O) groups excluding carboxylic acids is 4. The highest BCUT2D eigenvalue weighted by atomic mass is 33.1. The van der Waals surface area contributed by atoms with E-state index < -0.39 is 175 Å². The van der Waals surface area contributed by atoms with E-state index in [0.717, 1.165) is 39.7 Å². The zero-order valence-corrected chi connectivity index (χ0v) is 76.3. The van der Waals surface area contributed by atoms with E-state index in [4.69, 9.17) is 40.0 Å². The molecule has 11 atom stereocenters. The Kier molecular flexibility index (Phi) is 35.5. The Hall–Kier alpha value is -7.52. The van der Waals surface area contributed by atoms with Crippen LogP contribution in [0.4, 0.5) is 23.0 Å². The van der Waals surface area contributed by atoms with Crippen molar-refractivity contribution in [1.82, 2.24) is 40.0 Å². The third-order valence-electron chi connectivity index (χ3n) is 20.4. The van der Waals surface area contributed by atoms with E-state index in [1.807, 2.05) is 58.9 Å². The van der Waals surface area contributed by atoms with Crippen LogP contribution in [0.25, 0.3) is 11.0 Å². The van der Waals surface area contributed by atoms with Gasteiger partial charge in [0.1, 0.15) is 72.9 Å². The first-order valence-electron chi connectivity index (χ1n) is 38.9. The largest absolute Gasteiger partial charge is 0.490 e. The fraction of sp³-hybridized carbons (Fsp3) is 0.514. The number of esters is 1. The number of carbonyl (C=O) groups is 4. The first-order chi connectivity index (χ1) is 59.3. The van der Waals surface area contributed by atoms with Gasteiger partial charge in [0, 0.05) is 97.5 Å². The van der Waals surface area contributed by atoms with Crippen molar-refractivity contribution in [1.29, 1.82) is 0 Å². The van der Waals surface area contributed by atoms with E-state index in [9.17, 15) is 112 Å². The molecule has 9 rings (SSSR count). The van der Waals surface area contributed by atoms with Crippen LogP contribution in [0, 0.1) is 23.7 Å². The van der Waals surface area contributed by atoms with Gasteiger partial charge in [0.25, 0.3) is 20.2 Å². The monoisotopic (exact) mass is 1960 g/mol. The van der Waals surface area contributed by atoms with Crippen LogP contribution in [0.1, 0.15) is 146 Å². The molecule has 7 heterocycles. The topological polar surface area (TPSA) is 698 Å². The summed E-state index contributed by atoms with van der Waals surface area (Å²) in [5.41, 5.74) is 13.9. The molecule has 0 radical (unpaired) electrons. The van der Waals surface area contributed by atoms with Crippen LogP contribution in [0.2, 0.25) is 0 Å². The number of nitrogens with two attached hydrogens (primary N) is 2. The molecule has 19 N–H and O–H groups in total. The van der Waals surface area contributed by atoms with Crippen molar-refractivity contribution in [2.45, 2.75) is 187 Å². The van der Waals surface area contributed by atoms with Gasteiger partial charge < -0.3 is 100 Å². The maximum absolute atomic E-state index is 13.9. The van der Waals surface area contributed by atoms with Crippen molar-refractivity contribution in [2.75, 3.05) is 73.9 Å². The van der Waals surface area contributed by atoms with E-state index in [-0.39, 0.29) is 87.7 Å². The highest BCUT2D eigenvalue weighted by Crippen LogP contribution is 2.66. The van der Waals surface area contributed by atoms with Crippen molar-refractivity contribution >= 4 is 144 Å². The number of phosphoric ester groups is 3. The molecule has 127 heavy (non-hydrogen) atoms. The van der Waals surface area contributed by atoms with Crippen molar-refractivity contribution in [2.24, 2.45) is 0 Å². The van der Waals surface area contributed by atoms with Gasteiger partial charge in [0.15, 0.2) is 18.5 Å². The van der Waals surface area contributed by atoms with E-state index in [1.165, 1.54) is 56.6 Å². The summed E-state index contributed by atoms with van der Waals surface area (Å²) in [4.78, 5) is 154. The lowest BCUT2D eigenvalue weighted by Crippen LogP contribution is -2.48. The Morgan fingerprint density at radius 2 is 1.39 bits per heavy atom. The van der Waals surface area contributed by atoms with Crippen molar-refractivity contribution in [3.63, 3.8) is 0 Å². The highest BCUT2D eigenvalue weighted by molar-refractivity contribution is 8.76. The van der Waals surface area contributed by atoms with Crippen LogP contribution < -0.4 is 38.0 Å². The van der Waals surface area contributed by atoms with Gasteiger partial charge in [-0.15, -0.1) is 0 Å². The van der Waals surface area contributed by atoms with Crippen LogP contribution in [0.15, 0.2) is 94.0 Å². The molecule has 46 nitrogen and oxygen atoms in total. The molecule has 4 aliphatic heterocycles. The van der Waals surface area contributed by atoms with Crippen LogP contribution in [0.3, 0.4) is 0 Å². The molecule has 10 unspecified atom stereocenters. The number of hydrogen-bond donors (Lipinski definition) is 17. The van der Waals surface area contributed by atoms with Crippen molar-refractivity contribution in [3.8, 4) is 23.7 Å². The SMILES string of the molecule is CC[N+]1=C(/C=C/C=C/C[C@@H]2N(CCCCCC(=O)NC(CSSCCCC(=O)OCC#Cc3cn(C4OC(COP(=O)(O)OP(=O)(O)OP(=O)(O)O)C(O)C4O)c4ncnc(N)c34)C(=O)NCCCCCC(=O)NCC#Cc3cn(C4CC(OP(=O)(O)O)C(COP(=O)(O)O)O4)c(=O)nc3N)c3ccc(S(=O)(=O)O)cc3C2(C)C)C(C)(C)c2cc(S(=O)(=O)O)ccc21. The number of amides is 3. The Balaban J connectivity index is 0.777. The van der Waals surface area contributed by atoms with Crippen LogP contribution >= 0.6 is 60.7 Å². The number of phosphoric acid groups is 5. The van der Waals surface area contributed by atoms with Crippen LogP contribution in [-0.2, 0) is 109 Å². The molecule has 0 saturated carbocycles. The fourth-order valence-electron chi connectivity index (χ4n) is 14.5. The maximum Gasteiger partial charge on any atom is 0.490 e. The number of aromatic nitrogens is 5. The lowest BCUT2D eigenvalue weighted by molar-refractivity contribution is -0.433. The second-order valence-electron chi connectivity index (χ2n) is 30.2.